The molecule has 0 aliphatic heterocycles. The Morgan fingerprint density at radius 3 is 2.31 bits per heavy atom. The first-order chi connectivity index (χ1) is 7.22. The Morgan fingerprint density at radius 1 is 1.44 bits per heavy atom. The third kappa shape index (κ3) is 4.14. The maximum atomic E-state index is 11.5. The third-order valence-corrected chi connectivity index (χ3v) is 2.72. The average molecular weight is 245 g/mol. The number of hydrogen-bond donors (Lipinski definition) is 3. The Labute approximate surface area is 101 Å². The Bertz CT molecular complexity index is 302. The Kier molecular flexibility index (Phi) is 5.37. The van der Waals surface area contributed by atoms with Gasteiger partial charge in [-0.15, -0.1) is 0 Å². The zero-order chi connectivity index (χ0) is 12.9. The van der Waals surface area contributed by atoms with Gasteiger partial charge in [-0.3, -0.25) is 9.59 Å². The molecule has 0 saturated carbocycles. The number of amides is 2. The van der Waals surface area contributed by atoms with E-state index in [2.05, 4.69) is 10.6 Å². The molecule has 4 N–H and O–H groups in total. The minimum Gasteiger partial charge on any atom is -0.393 e. The van der Waals surface area contributed by atoms with E-state index in [9.17, 15) is 9.59 Å². The smallest absolute Gasteiger partial charge is 0.229 e. The molecular weight excluding hydrogens is 226 g/mol. The second-order valence-electron chi connectivity index (χ2n) is 4.30. The van der Waals surface area contributed by atoms with Crippen LogP contribution in [0.4, 0.5) is 0 Å². The van der Waals surface area contributed by atoms with Crippen molar-refractivity contribution in [3.63, 3.8) is 0 Å². The fourth-order valence-electron chi connectivity index (χ4n) is 1.01. The van der Waals surface area contributed by atoms with Crippen LogP contribution in [0.25, 0.3) is 0 Å². The van der Waals surface area contributed by atoms with E-state index < -0.39 is 11.3 Å². The molecule has 0 aliphatic rings. The van der Waals surface area contributed by atoms with Crippen molar-refractivity contribution in [2.75, 3.05) is 13.6 Å². The van der Waals surface area contributed by atoms with Gasteiger partial charge in [-0.1, -0.05) is 12.2 Å². The summed E-state index contributed by atoms with van der Waals surface area (Å²) in [7, 11) is 1.56. The van der Waals surface area contributed by atoms with Gasteiger partial charge >= 0.3 is 0 Å². The van der Waals surface area contributed by atoms with E-state index >= 15 is 0 Å². The molecule has 5 nitrogen and oxygen atoms in total. The van der Waals surface area contributed by atoms with Crippen molar-refractivity contribution in [1.29, 1.82) is 0 Å². The van der Waals surface area contributed by atoms with Crippen molar-refractivity contribution in [2.45, 2.75) is 20.8 Å². The molecule has 16 heavy (non-hydrogen) atoms. The predicted octanol–water partition coefficient (Wildman–Crippen LogP) is -0.203. The van der Waals surface area contributed by atoms with Crippen LogP contribution in [0.3, 0.4) is 0 Å². The lowest BCUT2D eigenvalue weighted by atomic mass is 9.92. The fraction of sp³-hybridized carbons (Fsp3) is 0.700. The molecule has 1 unspecified atom stereocenters. The summed E-state index contributed by atoms with van der Waals surface area (Å²) in [5.74, 6) is -0.907. The number of carbonyl (C=O) groups is 2. The Balaban J connectivity index is 4.30. The lowest BCUT2D eigenvalue weighted by molar-refractivity contribution is -0.129. The van der Waals surface area contributed by atoms with Gasteiger partial charge < -0.3 is 16.4 Å². The van der Waals surface area contributed by atoms with Gasteiger partial charge in [0.15, 0.2) is 0 Å². The molecule has 0 aromatic carbocycles. The van der Waals surface area contributed by atoms with E-state index in [0.29, 0.717) is 0 Å². The molecule has 0 aromatic rings. The van der Waals surface area contributed by atoms with Crippen LogP contribution in [0.1, 0.15) is 20.8 Å². The van der Waals surface area contributed by atoms with Crippen LogP contribution in [-0.2, 0) is 9.59 Å². The minimum atomic E-state index is -0.652. The summed E-state index contributed by atoms with van der Waals surface area (Å²) in [6.07, 6.45) is 0. The lowest BCUT2D eigenvalue weighted by Crippen LogP contribution is -2.46. The topological polar surface area (TPSA) is 84.2 Å². The van der Waals surface area contributed by atoms with Crippen molar-refractivity contribution in [2.24, 2.45) is 17.1 Å². The number of hydrogen-bond acceptors (Lipinski definition) is 3. The molecule has 0 rings (SSSR count). The summed E-state index contributed by atoms with van der Waals surface area (Å²) in [5, 5.41) is 5.19. The number of thiocarbonyl (C=S) groups is 1. The Hall–Kier alpha value is -1.17. The quantitative estimate of drug-likeness (QED) is 0.586. The number of nitrogens with two attached hydrogens (primary N) is 1. The SMILES string of the molecule is CNC(=O)C(C)(C)CNC(=O)C(C)C(N)=S. The van der Waals surface area contributed by atoms with Gasteiger partial charge in [0.25, 0.3) is 0 Å². The molecule has 0 aromatic heterocycles. The van der Waals surface area contributed by atoms with Crippen LogP contribution >= 0.6 is 12.2 Å². The molecule has 0 bridgehead atoms. The lowest BCUT2D eigenvalue weighted by Gasteiger charge is -2.23. The van der Waals surface area contributed by atoms with Crippen LogP contribution in [0.15, 0.2) is 0 Å². The van der Waals surface area contributed by atoms with E-state index in [1.807, 2.05) is 0 Å². The van der Waals surface area contributed by atoms with E-state index in [0.717, 1.165) is 0 Å². The summed E-state index contributed by atoms with van der Waals surface area (Å²) in [6, 6.07) is 0. The fourth-order valence-corrected chi connectivity index (χ4v) is 1.12. The highest BCUT2D eigenvalue weighted by Crippen LogP contribution is 2.13. The summed E-state index contributed by atoms with van der Waals surface area (Å²) in [6.45, 7) is 5.37. The maximum Gasteiger partial charge on any atom is 0.229 e. The van der Waals surface area contributed by atoms with E-state index in [1.54, 1.807) is 27.8 Å². The molecular formula is C10H19N3O2S. The van der Waals surface area contributed by atoms with Crippen LogP contribution in [-0.4, -0.2) is 30.4 Å². The first-order valence-corrected chi connectivity index (χ1v) is 5.42. The van der Waals surface area contributed by atoms with Crippen LogP contribution in [0.5, 0.6) is 0 Å². The largest absolute Gasteiger partial charge is 0.393 e. The highest BCUT2D eigenvalue weighted by atomic mass is 32.1. The van der Waals surface area contributed by atoms with Crippen molar-refractivity contribution in [3.8, 4) is 0 Å². The second kappa shape index (κ2) is 5.79. The van der Waals surface area contributed by atoms with E-state index in [4.69, 9.17) is 18.0 Å². The molecule has 0 spiro atoms. The molecule has 0 saturated heterocycles. The second-order valence-corrected chi connectivity index (χ2v) is 4.78. The number of nitrogens with one attached hydrogen (secondary N) is 2. The average Bonchev–Trinajstić information content (AvgIpc) is 2.23. The van der Waals surface area contributed by atoms with E-state index in [-0.39, 0.29) is 23.3 Å². The minimum absolute atomic E-state index is 0.129. The highest BCUT2D eigenvalue weighted by molar-refractivity contribution is 7.80. The Morgan fingerprint density at radius 2 is 1.94 bits per heavy atom. The standard InChI is InChI=1S/C10H19N3O2S/c1-6(7(11)16)8(14)13-5-10(2,3)9(15)12-4/h6H,5H2,1-4H3,(H2,11,16)(H,12,15)(H,13,14). The van der Waals surface area contributed by atoms with Gasteiger partial charge in [0.2, 0.25) is 11.8 Å². The molecule has 0 heterocycles. The van der Waals surface area contributed by atoms with Crippen LogP contribution in [0, 0.1) is 11.3 Å². The summed E-state index contributed by atoms with van der Waals surface area (Å²) < 4.78 is 0. The van der Waals surface area contributed by atoms with Gasteiger partial charge in [-0.25, -0.2) is 0 Å². The molecule has 1 atom stereocenters. The predicted molar refractivity (Wildman–Crippen MR) is 66.8 cm³/mol. The summed E-state index contributed by atoms with van der Waals surface area (Å²) >= 11 is 4.71. The molecule has 0 aliphatic carbocycles. The summed E-state index contributed by atoms with van der Waals surface area (Å²) in [5.41, 5.74) is 4.70. The molecule has 92 valence electrons. The van der Waals surface area contributed by atoms with Gasteiger partial charge in [0, 0.05) is 13.6 Å². The molecule has 2 amide bonds. The summed E-state index contributed by atoms with van der Waals surface area (Å²) in [4.78, 5) is 23.1. The van der Waals surface area contributed by atoms with Crippen molar-refractivity contribution < 1.29 is 9.59 Å². The third-order valence-electron chi connectivity index (χ3n) is 2.37. The zero-order valence-corrected chi connectivity index (χ0v) is 10.9. The van der Waals surface area contributed by atoms with Gasteiger partial charge in [0.05, 0.1) is 16.3 Å². The van der Waals surface area contributed by atoms with Crippen molar-refractivity contribution >= 4 is 29.0 Å². The monoisotopic (exact) mass is 245 g/mol. The molecule has 0 radical (unpaired) electrons. The van der Waals surface area contributed by atoms with Crippen molar-refractivity contribution in [3.05, 3.63) is 0 Å². The number of rotatable bonds is 5. The first kappa shape index (κ1) is 14.8. The number of carbonyl (C=O) groups excluding carboxylic acids is 2. The highest BCUT2D eigenvalue weighted by Gasteiger charge is 2.28. The van der Waals surface area contributed by atoms with Gasteiger partial charge in [-0.2, -0.15) is 0 Å². The van der Waals surface area contributed by atoms with Crippen molar-refractivity contribution in [1.82, 2.24) is 10.6 Å². The maximum absolute atomic E-state index is 11.5. The normalized spacial score (nSPS) is 12.8. The van der Waals surface area contributed by atoms with Crippen LogP contribution in [0.2, 0.25) is 0 Å². The van der Waals surface area contributed by atoms with Crippen LogP contribution < -0.4 is 16.4 Å². The first-order valence-electron chi connectivity index (χ1n) is 5.01. The van der Waals surface area contributed by atoms with E-state index in [1.165, 1.54) is 0 Å². The zero-order valence-electron chi connectivity index (χ0n) is 10.1. The van der Waals surface area contributed by atoms with Gasteiger partial charge in [-0.05, 0) is 20.8 Å². The molecule has 0 fully saturated rings. The molecule has 6 heteroatoms. The van der Waals surface area contributed by atoms with Gasteiger partial charge in [0.1, 0.15) is 0 Å².